The van der Waals surface area contributed by atoms with Crippen LogP contribution < -0.4 is 15.6 Å². The van der Waals surface area contributed by atoms with Gasteiger partial charge in [0, 0.05) is 5.69 Å². The minimum Gasteiger partial charge on any atom is -0.495 e. The average molecular weight is 482 g/mol. The first kappa shape index (κ1) is 22.6. The molecule has 4 rings (SSSR count). The number of para-hydroxylation sites is 2. The van der Waals surface area contributed by atoms with Crippen LogP contribution in [-0.4, -0.2) is 41.4 Å². The number of ether oxygens (including phenoxy) is 2. The summed E-state index contributed by atoms with van der Waals surface area (Å²) in [5.41, 5.74) is 1.84. The van der Waals surface area contributed by atoms with E-state index in [1.165, 1.54) is 30.1 Å². The molecule has 0 fully saturated rings. The van der Waals surface area contributed by atoms with Crippen LogP contribution >= 0.6 is 23.1 Å². The molecule has 4 aromatic rings. The lowest BCUT2D eigenvalue weighted by atomic mass is 10.2. The van der Waals surface area contributed by atoms with Gasteiger partial charge in [0.15, 0.2) is 5.16 Å². The lowest BCUT2D eigenvalue weighted by Crippen LogP contribution is -2.22. The minimum absolute atomic E-state index is 0.0238. The summed E-state index contributed by atoms with van der Waals surface area (Å²) >= 11 is 2.46. The maximum atomic E-state index is 13.3. The molecule has 2 aromatic carbocycles. The van der Waals surface area contributed by atoms with E-state index in [9.17, 15) is 14.4 Å². The third kappa shape index (κ3) is 4.76. The highest BCUT2D eigenvalue weighted by molar-refractivity contribution is 7.99. The predicted molar refractivity (Wildman–Crippen MR) is 129 cm³/mol. The smallest absolute Gasteiger partial charge is 0.337 e. The van der Waals surface area contributed by atoms with Crippen LogP contribution in [0.3, 0.4) is 0 Å². The summed E-state index contributed by atoms with van der Waals surface area (Å²) < 4.78 is 12.1. The molecule has 0 saturated heterocycles. The Hall–Kier alpha value is -3.63. The molecule has 1 N–H and O–H groups in total. The molecule has 0 aliphatic heterocycles. The van der Waals surface area contributed by atoms with Crippen LogP contribution in [0.25, 0.3) is 15.9 Å². The molecular weight excluding hydrogens is 462 g/mol. The Bertz CT molecular complexity index is 1380. The number of nitrogens with one attached hydrogen (secondary N) is 1. The summed E-state index contributed by atoms with van der Waals surface area (Å²) in [6.45, 7) is 0. The molecule has 0 aliphatic rings. The Balaban J connectivity index is 1.59. The number of amides is 1. The SMILES string of the molecule is COC(=O)c1ccc(NC(=O)CSc2nc3ccsc3c(=O)n2-c2ccccc2OC)cc1. The molecule has 0 spiro atoms. The fourth-order valence-electron chi connectivity index (χ4n) is 3.15. The number of aromatic nitrogens is 2. The van der Waals surface area contributed by atoms with Crippen molar-refractivity contribution in [3.63, 3.8) is 0 Å². The minimum atomic E-state index is -0.451. The van der Waals surface area contributed by atoms with Gasteiger partial charge in [0.05, 0.1) is 36.7 Å². The van der Waals surface area contributed by atoms with Crippen molar-refractivity contribution in [2.75, 3.05) is 25.3 Å². The number of carbonyl (C=O) groups is 2. The summed E-state index contributed by atoms with van der Waals surface area (Å²) in [7, 11) is 2.84. The van der Waals surface area contributed by atoms with E-state index in [0.29, 0.717) is 38.1 Å². The van der Waals surface area contributed by atoms with E-state index < -0.39 is 5.97 Å². The van der Waals surface area contributed by atoms with Crippen LogP contribution in [0.2, 0.25) is 0 Å². The highest BCUT2D eigenvalue weighted by Crippen LogP contribution is 2.28. The summed E-state index contributed by atoms with van der Waals surface area (Å²) in [5.74, 6) is -0.185. The maximum absolute atomic E-state index is 13.3. The first-order valence-electron chi connectivity index (χ1n) is 9.76. The predicted octanol–water partition coefficient (Wildman–Crippen LogP) is 3.97. The Morgan fingerprint density at radius 2 is 1.85 bits per heavy atom. The number of thioether (sulfide) groups is 1. The van der Waals surface area contributed by atoms with Gasteiger partial charge in [-0.25, -0.2) is 9.78 Å². The van der Waals surface area contributed by atoms with Crippen molar-refractivity contribution < 1.29 is 19.1 Å². The molecule has 0 bridgehead atoms. The van der Waals surface area contributed by atoms with Gasteiger partial charge < -0.3 is 14.8 Å². The van der Waals surface area contributed by atoms with Crippen LogP contribution in [0.1, 0.15) is 10.4 Å². The molecule has 2 heterocycles. The zero-order valence-electron chi connectivity index (χ0n) is 17.7. The van der Waals surface area contributed by atoms with Gasteiger partial charge in [-0.15, -0.1) is 11.3 Å². The Morgan fingerprint density at radius 1 is 1.09 bits per heavy atom. The first-order valence-corrected chi connectivity index (χ1v) is 11.6. The molecule has 0 aliphatic carbocycles. The van der Waals surface area contributed by atoms with E-state index in [1.807, 2.05) is 17.5 Å². The fraction of sp³-hybridized carbons (Fsp3) is 0.130. The number of hydrogen-bond donors (Lipinski definition) is 1. The van der Waals surface area contributed by atoms with Crippen LogP contribution in [0.4, 0.5) is 5.69 Å². The summed E-state index contributed by atoms with van der Waals surface area (Å²) in [4.78, 5) is 42.0. The van der Waals surface area contributed by atoms with Crippen molar-refractivity contribution in [3.05, 3.63) is 75.9 Å². The first-order chi connectivity index (χ1) is 16.0. The molecule has 33 heavy (non-hydrogen) atoms. The van der Waals surface area contributed by atoms with Gasteiger partial charge in [-0.3, -0.25) is 14.2 Å². The van der Waals surface area contributed by atoms with Crippen molar-refractivity contribution >= 4 is 50.9 Å². The average Bonchev–Trinajstić information content (AvgIpc) is 3.32. The number of fused-ring (bicyclic) bond motifs is 1. The largest absolute Gasteiger partial charge is 0.495 e. The number of rotatable bonds is 7. The fourth-order valence-corrected chi connectivity index (χ4v) is 4.72. The number of methoxy groups -OCH3 is 2. The molecular formula is C23H19N3O5S2. The molecule has 0 saturated carbocycles. The van der Waals surface area contributed by atoms with Crippen molar-refractivity contribution in [3.8, 4) is 11.4 Å². The van der Waals surface area contributed by atoms with Gasteiger partial charge in [0.25, 0.3) is 5.56 Å². The number of benzene rings is 2. The molecule has 168 valence electrons. The van der Waals surface area contributed by atoms with Crippen LogP contribution in [-0.2, 0) is 9.53 Å². The number of anilines is 1. The Kier molecular flexibility index (Phi) is 6.76. The maximum Gasteiger partial charge on any atom is 0.337 e. The topological polar surface area (TPSA) is 99.5 Å². The summed E-state index contributed by atoms with van der Waals surface area (Å²) in [5, 5.41) is 4.97. The van der Waals surface area contributed by atoms with Crippen LogP contribution in [0.5, 0.6) is 5.75 Å². The van der Waals surface area contributed by atoms with E-state index in [2.05, 4.69) is 15.0 Å². The lowest BCUT2D eigenvalue weighted by molar-refractivity contribution is -0.113. The van der Waals surface area contributed by atoms with Crippen molar-refractivity contribution in [1.29, 1.82) is 0 Å². The highest BCUT2D eigenvalue weighted by Gasteiger charge is 2.18. The zero-order valence-corrected chi connectivity index (χ0v) is 19.4. The summed E-state index contributed by atoms with van der Waals surface area (Å²) in [6.07, 6.45) is 0. The molecule has 10 heteroatoms. The van der Waals surface area contributed by atoms with Gasteiger partial charge in [0.2, 0.25) is 5.91 Å². The second kappa shape index (κ2) is 9.88. The van der Waals surface area contributed by atoms with Crippen molar-refractivity contribution in [2.45, 2.75) is 5.16 Å². The zero-order chi connectivity index (χ0) is 23.4. The van der Waals surface area contributed by atoms with Gasteiger partial charge in [-0.1, -0.05) is 23.9 Å². The van der Waals surface area contributed by atoms with Gasteiger partial charge in [-0.2, -0.15) is 0 Å². The van der Waals surface area contributed by atoms with E-state index in [1.54, 1.807) is 42.5 Å². The van der Waals surface area contributed by atoms with Crippen LogP contribution in [0.15, 0.2) is 69.9 Å². The Labute approximate surface area is 197 Å². The second-order valence-electron chi connectivity index (χ2n) is 6.75. The third-order valence-electron chi connectivity index (χ3n) is 4.70. The molecule has 1 amide bonds. The monoisotopic (exact) mass is 481 g/mol. The normalized spacial score (nSPS) is 10.7. The van der Waals surface area contributed by atoms with Crippen LogP contribution in [0, 0.1) is 0 Å². The number of thiophene rings is 1. The molecule has 8 nitrogen and oxygen atoms in total. The van der Waals surface area contributed by atoms with Gasteiger partial charge in [0.1, 0.15) is 10.4 Å². The third-order valence-corrected chi connectivity index (χ3v) is 6.53. The van der Waals surface area contributed by atoms with Gasteiger partial charge >= 0.3 is 5.97 Å². The van der Waals surface area contributed by atoms with E-state index in [4.69, 9.17) is 4.74 Å². The molecule has 2 aromatic heterocycles. The van der Waals surface area contributed by atoms with Gasteiger partial charge in [-0.05, 0) is 47.8 Å². The number of nitrogens with zero attached hydrogens (tertiary/aromatic N) is 2. The van der Waals surface area contributed by atoms with Crippen molar-refractivity contribution in [1.82, 2.24) is 9.55 Å². The number of carbonyl (C=O) groups excluding carboxylic acids is 2. The van der Waals surface area contributed by atoms with Crippen molar-refractivity contribution in [2.24, 2.45) is 0 Å². The van der Waals surface area contributed by atoms with E-state index in [-0.39, 0.29) is 17.2 Å². The van der Waals surface area contributed by atoms with E-state index >= 15 is 0 Å². The number of hydrogen-bond acceptors (Lipinski definition) is 8. The second-order valence-corrected chi connectivity index (χ2v) is 8.61. The number of esters is 1. The quantitative estimate of drug-likeness (QED) is 0.242. The molecule has 0 radical (unpaired) electrons. The molecule has 0 atom stereocenters. The standard InChI is InChI=1S/C23H19N3O5S2/c1-30-18-6-4-3-5-17(18)26-21(28)20-16(11-12-32-20)25-23(26)33-13-19(27)24-15-9-7-14(8-10-15)22(29)31-2/h3-12H,13H2,1-2H3,(H,24,27). The van der Waals surface area contributed by atoms with E-state index in [0.717, 1.165) is 11.8 Å². The Morgan fingerprint density at radius 3 is 2.58 bits per heavy atom. The molecule has 0 unspecified atom stereocenters. The lowest BCUT2D eigenvalue weighted by Gasteiger charge is -2.14. The summed E-state index contributed by atoms with van der Waals surface area (Å²) in [6, 6.07) is 15.3. The highest BCUT2D eigenvalue weighted by atomic mass is 32.2.